The predicted octanol–water partition coefficient (Wildman–Crippen LogP) is 1.69. The molecule has 0 aliphatic rings. The van der Waals surface area contributed by atoms with Gasteiger partial charge in [-0.25, -0.2) is 4.98 Å². The monoisotopic (exact) mass is 247 g/mol. The highest BCUT2D eigenvalue weighted by atomic mass is 19.4. The Morgan fingerprint density at radius 2 is 2.12 bits per heavy atom. The SMILES string of the molecule is CN(CCC(F)(F)F)C(=O)c1cccc(N)n1. The molecule has 4 nitrogen and oxygen atoms in total. The van der Waals surface area contributed by atoms with Crippen molar-refractivity contribution in [2.75, 3.05) is 19.3 Å². The molecule has 1 rings (SSSR count). The standard InChI is InChI=1S/C10H12F3N3O/c1-16(6-5-10(11,12)13)9(17)7-3-2-4-8(14)15-7/h2-4H,5-6H2,1H3,(H2,14,15). The van der Waals surface area contributed by atoms with E-state index < -0.39 is 25.0 Å². The summed E-state index contributed by atoms with van der Waals surface area (Å²) in [6.45, 7) is -0.404. The zero-order valence-electron chi connectivity index (χ0n) is 9.16. The summed E-state index contributed by atoms with van der Waals surface area (Å²) in [5.41, 5.74) is 5.41. The third-order valence-corrected chi connectivity index (χ3v) is 2.07. The number of amides is 1. The van der Waals surface area contributed by atoms with Crippen LogP contribution in [-0.2, 0) is 0 Å². The van der Waals surface area contributed by atoms with E-state index in [1.165, 1.54) is 25.2 Å². The van der Waals surface area contributed by atoms with E-state index in [1.807, 2.05) is 0 Å². The van der Waals surface area contributed by atoms with Crippen LogP contribution >= 0.6 is 0 Å². The van der Waals surface area contributed by atoms with E-state index in [1.54, 1.807) is 0 Å². The molecule has 0 saturated carbocycles. The van der Waals surface area contributed by atoms with Crippen molar-refractivity contribution in [1.29, 1.82) is 0 Å². The van der Waals surface area contributed by atoms with E-state index in [2.05, 4.69) is 4.98 Å². The number of alkyl halides is 3. The Balaban J connectivity index is 2.64. The van der Waals surface area contributed by atoms with Crippen LogP contribution in [0.3, 0.4) is 0 Å². The third kappa shape index (κ3) is 4.29. The van der Waals surface area contributed by atoms with Gasteiger partial charge in [-0.05, 0) is 12.1 Å². The molecule has 1 aromatic rings. The maximum atomic E-state index is 12.0. The molecule has 1 amide bonds. The Hall–Kier alpha value is -1.79. The zero-order chi connectivity index (χ0) is 13.1. The Bertz CT molecular complexity index is 406. The Labute approximate surface area is 96.2 Å². The lowest BCUT2D eigenvalue weighted by Gasteiger charge is -2.17. The average molecular weight is 247 g/mol. The topological polar surface area (TPSA) is 59.2 Å². The average Bonchev–Trinajstić information content (AvgIpc) is 2.24. The number of anilines is 1. The smallest absolute Gasteiger partial charge is 0.384 e. The van der Waals surface area contributed by atoms with Crippen molar-refractivity contribution in [3.63, 3.8) is 0 Å². The van der Waals surface area contributed by atoms with E-state index in [4.69, 9.17) is 5.73 Å². The Morgan fingerprint density at radius 3 is 2.65 bits per heavy atom. The quantitative estimate of drug-likeness (QED) is 0.884. The minimum absolute atomic E-state index is 0.0367. The van der Waals surface area contributed by atoms with Gasteiger partial charge >= 0.3 is 6.18 Å². The van der Waals surface area contributed by atoms with Crippen LogP contribution in [0.5, 0.6) is 0 Å². The summed E-state index contributed by atoms with van der Waals surface area (Å²) in [6, 6.07) is 4.42. The number of nitrogens with two attached hydrogens (primary N) is 1. The van der Waals surface area contributed by atoms with Gasteiger partial charge in [-0.2, -0.15) is 13.2 Å². The molecule has 0 aliphatic heterocycles. The summed E-state index contributed by atoms with van der Waals surface area (Å²) in [4.78, 5) is 16.4. The highest BCUT2D eigenvalue weighted by molar-refractivity contribution is 5.92. The summed E-state index contributed by atoms with van der Waals surface area (Å²) >= 11 is 0. The fourth-order valence-corrected chi connectivity index (χ4v) is 1.16. The summed E-state index contributed by atoms with van der Waals surface area (Å²) < 4.78 is 35.9. The van der Waals surface area contributed by atoms with Crippen molar-refractivity contribution < 1.29 is 18.0 Å². The molecular formula is C10H12F3N3O. The van der Waals surface area contributed by atoms with Gasteiger partial charge < -0.3 is 10.6 Å². The number of hydrogen-bond donors (Lipinski definition) is 1. The third-order valence-electron chi connectivity index (χ3n) is 2.07. The fourth-order valence-electron chi connectivity index (χ4n) is 1.16. The lowest BCUT2D eigenvalue weighted by molar-refractivity contribution is -0.136. The number of nitrogens with zero attached hydrogens (tertiary/aromatic N) is 2. The molecule has 0 spiro atoms. The lowest BCUT2D eigenvalue weighted by Crippen LogP contribution is -2.31. The second-order valence-electron chi connectivity index (χ2n) is 3.54. The largest absolute Gasteiger partial charge is 0.390 e. The number of rotatable bonds is 3. The number of carbonyl (C=O) groups is 1. The molecule has 2 N–H and O–H groups in total. The maximum Gasteiger partial charge on any atom is 0.390 e. The van der Waals surface area contributed by atoms with Gasteiger partial charge in [-0.1, -0.05) is 6.07 Å². The molecule has 0 unspecified atom stereocenters. The molecule has 17 heavy (non-hydrogen) atoms. The van der Waals surface area contributed by atoms with Gasteiger partial charge in [0.15, 0.2) is 0 Å². The van der Waals surface area contributed by atoms with Gasteiger partial charge in [0.25, 0.3) is 5.91 Å². The van der Waals surface area contributed by atoms with Crippen LogP contribution in [0.2, 0.25) is 0 Å². The highest BCUT2D eigenvalue weighted by Gasteiger charge is 2.28. The van der Waals surface area contributed by atoms with Crippen molar-refractivity contribution in [3.8, 4) is 0 Å². The summed E-state index contributed by atoms with van der Waals surface area (Å²) in [7, 11) is 1.29. The summed E-state index contributed by atoms with van der Waals surface area (Å²) in [5, 5.41) is 0. The van der Waals surface area contributed by atoms with Gasteiger partial charge in [-0.3, -0.25) is 4.79 Å². The van der Waals surface area contributed by atoms with Gasteiger partial charge in [0.2, 0.25) is 0 Å². The van der Waals surface area contributed by atoms with Crippen LogP contribution in [0.4, 0.5) is 19.0 Å². The number of nitrogen functional groups attached to an aromatic ring is 1. The van der Waals surface area contributed by atoms with E-state index in [0.29, 0.717) is 0 Å². The molecule has 7 heteroatoms. The van der Waals surface area contributed by atoms with Crippen molar-refractivity contribution >= 4 is 11.7 Å². The number of halogens is 3. The fraction of sp³-hybridized carbons (Fsp3) is 0.400. The molecule has 1 aromatic heterocycles. The van der Waals surface area contributed by atoms with Crippen LogP contribution in [-0.4, -0.2) is 35.6 Å². The first-order chi connectivity index (χ1) is 7.79. The molecule has 0 fully saturated rings. The first kappa shape index (κ1) is 13.3. The first-order valence-corrected chi connectivity index (χ1v) is 4.84. The zero-order valence-corrected chi connectivity index (χ0v) is 9.16. The van der Waals surface area contributed by atoms with E-state index in [9.17, 15) is 18.0 Å². The van der Waals surface area contributed by atoms with Crippen LogP contribution in [0.25, 0.3) is 0 Å². The molecule has 0 bridgehead atoms. The minimum Gasteiger partial charge on any atom is -0.384 e. The number of carbonyl (C=O) groups excluding carboxylic acids is 1. The Kier molecular flexibility index (Phi) is 3.93. The predicted molar refractivity (Wildman–Crippen MR) is 56.3 cm³/mol. The molecule has 0 atom stereocenters. The second kappa shape index (κ2) is 5.03. The molecule has 0 aliphatic carbocycles. The van der Waals surface area contributed by atoms with Crippen molar-refractivity contribution in [2.24, 2.45) is 0 Å². The van der Waals surface area contributed by atoms with Crippen molar-refractivity contribution in [2.45, 2.75) is 12.6 Å². The Morgan fingerprint density at radius 1 is 1.47 bits per heavy atom. The lowest BCUT2D eigenvalue weighted by atomic mass is 10.3. The van der Waals surface area contributed by atoms with Crippen molar-refractivity contribution in [1.82, 2.24) is 9.88 Å². The minimum atomic E-state index is -4.28. The normalized spacial score (nSPS) is 11.3. The van der Waals surface area contributed by atoms with Gasteiger partial charge in [0, 0.05) is 13.6 Å². The molecule has 0 saturated heterocycles. The molecular weight excluding hydrogens is 235 g/mol. The van der Waals surface area contributed by atoms with Crippen LogP contribution < -0.4 is 5.73 Å². The van der Waals surface area contributed by atoms with Gasteiger partial charge in [0.05, 0.1) is 6.42 Å². The van der Waals surface area contributed by atoms with Gasteiger partial charge in [0.1, 0.15) is 11.5 Å². The van der Waals surface area contributed by atoms with Crippen LogP contribution in [0, 0.1) is 0 Å². The molecule has 0 radical (unpaired) electrons. The number of pyridine rings is 1. The highest BCUT2D eigenvalue weighted by Crippen LogP contribution is 2.19. The number of aromatic nitrogens is 1. The molecule has 94 valence electrons. The second-order valence-corrected chi connectivity index (χ2v) is 3.54. The van der Waals surface area contributed by atoms with Gasteiger partial charge in [-0.15, -0.1) is 0 Å². The van der Waals surface area contributed by atoms with E-state index in [-0.39, 0.29) is 11.5 Å². The van der Waals surface area contributed by atoms with Crippen molar-refractivity contribution in [3.05, 3.63) is 23.9 Å². The number of hydrogen-bond acceptors (Lipinski definition) is 3. The van der Waals surface area contributed by atoms with E-state index >= 15 is 0 Å². The van der Waals surface area contributed by atoms with Crippen LogP contribution in [0.1, 0.15) is 16.9 Å². The summed E-state index contributed by atoms with van der Waals surface area (Å²) in [5.74, 6) is -0.429. The summed E-state index contributed by atoms with van der Waals surface area (Å²) in [6.07, 6.45) is -5.32. The molecule has 1 heterocycles. The first-order valence-electron chi connectivity index (χ1n) is 4.84. The van der Waals surface area contributed by atoms with Crippen LogP contribution in [0.15, 0.2) is 18.2 Å². The molecule has 0 aromatic carbocycles. The van der Waals surface area contributed by atoms with E-state index in [0.717, 1.165) is 4.90 Å². The maximum absolute atomic E-state index is 12.0.